The minimum absolute atomic E-state index is 0.151. The highest BCUT2D eigenvalue weighted by Crippen LogP contribution is 2.13. The van der Waals surface area contributed by atoms with Gasteiger partial charge in [0, 0.05) is 15.7 Å². The van der Waals surface area contributed by atoms with E-state index in [1.54, 1.807) is 6.07 Å². The Kier molecular flexibility index (Phi) is 6.99. The van der Waals surface area contributed by atoms with Gasteiger partial charge in [-0.05, 0) is 84.6 Å². The van der Waals surface area contributed by atoms with Crippen molar-refractivity contribution < 1.29 is 9.53 Å². The van der Waals surface area contributed by atoms with Crippen molar-refractivity contribution in [1.82, 2.24) is 10.6 Å². The molecular formula is C18H19IN2O2S. The normalized spacial score (nSPS) is 10.3. The van der Waals surface area contributed by atoms with Crippen LogP contribution in [0.3, 0.4) is 0 Å². The van der Waals surface area contributed by atoms with Crippen molar-refractivity contribution >= 4 is 45.8 Å². The van der Waals surface area contributed by atoms with Gasteiger partial charge in [0.15, 0.2) is 5.11 Å². The second-order valence-corrected chi connectivity index (χ2v) is 7.11. The van der Waals surface area contributed by atoms with Crippen LogP contribution in [0.2, 0.25) is 0 Å². The summed E-state index contributed by atoms with van der Waals surface area (Å²) in [5.74, 6) is 0.620. The molecule has 0 spiro atoms. The molecule has 4 nitrogen and oxygen atoms in total. The first-order valence-corrected chi connectivity index (χ1v) is 9.03. The van der Waals surface area contributed by atoms with E-state index < -0.39 is 0 Å². The van der Waals surface area contributed by atoms with Gasteiger partial charge in [0.25, 0.3) is 5.91 Å². The molecule has 0 radical (unpaired) electrons. The van der Waals surface area contributed by atoms with Crippen LogP contribution in [0.4, 0.5) is 0 Å². The highest BCUT2D eigenvalue weighted by molar-refractivity contribution is 14.1. The molecule has 0 heterocycles. The van der Waals surface area contributed by atoms with E-state index in [9.17, 15) is 4.79 Å². The van der Waals surface area contributed by atoms with Crippen molar-refractivity contribution in [3.63, 3.8) is 0 Å². The number of halogens is 1. The smallest absolute Gasteiger partial charge is 0.257 e. The van der Waals surface area contributed by atoms with Crippen LogP contribution < -0.4 is 15.4 Å². The van der Waals surface area contributed by atoms with Gasteiger partial charge in [0.1, 0.15) is 5.75 Å². The second-order valence-electron chi connectivity index (χ2n) is 5.46. The summed E-state index contributed by atoms with van der Waals surface area (Å²) in [5.41, 5.74) is 1.64. The van der Waals surface area contributed by atoms with Gasteiger partial charge in [-0.15, -0.1) is 0 Å². The first kappa shape index (κ1) is 18.7. The molecule has 0 saturated heterocycles. The Labute approximate surface area is 161 Å². The molecule has 1 amide bonds. The van der Waals surface area contributed by atoms with Gasteiger partial charge < -0.3 is 10.1 Å². The van der Waals surface area contributed by atoms with E-state index in [-0.39, 0.29) is 12.0 Å². The van der Waals surface area contributed by atoms with Crippen molar-refractivity contribution in [1.29, 1.82) is 0 Å². The lowest BCUT2D eigenvalue weighted by Crippen LogP contribution is -2.38. The molecule has 2 aromatic carbocycles. The molecule has 2 N–H and O–H groups in total. The zero-order valence-electron chi connectivity index (χ0n) is 13.5. The maximum atomic E-state index is 12.1. The third-order valence-electron chi connectivity index (χ3n) is 3.06. The van der Waals surface area contributed by atoms with Crippen LogP contribution in [0, 0.1) is 3.57 Å². The van der Waals surface area contributed by atoms with E-state index >= 15 is 0 Å². The summed E-state index contributed by atoms with van der Waals surface area (Å²) in [6.45, 7) is 4.52. The first-order valence-electron chi connectivity index (χ1n) is 7.54. The van der Waals surface area contributed by atoms with E-state index in [0.29, 0.717) is 17.2 Å². The molecule has 126 valence electrons. The lowest BCUT2D eigenvalue weighted by atomic mass is 10.2. The van der Waals surface area contributed by atoms with Gasteiger partial charge in [-0.1, -0.05) is 18.2 Å². The predicted octanol–water partition coefficient (Wildman–Crippen LogP) is 3.88. The third-order valence-corrected chi connectivity index (χ3v) is 3.98. The van der Waals surface area contributed by atoms with Crippen molar-refractivity contribution in [3.05, 3.63) is 63.2 Å². The van der Waals surface area contributed by atoms with Crippen molar-refractivity contribution in [2.75, 3.05) is 0 Å². The van der Waals surface area contributed by atoms with E-state index in [1.807, 2.05) is 56.3 Å². The highest BCUT2D eigenvalue weighted by Gasteiger charge is 2.08. The minimum atomic E-state index is -0.216. The van der Waals surface area contributed by atoms with Gasteiger partial charge >= 0.3 is 0 Å². The summed E-state index contributed by atoms with van der Waals surface area (Å²) < 4.78 is 6.60. The molecule has 0 bridgehead atoms. The summed E-state index contributed by atoms with van der Waals surface area (Å²) in [5, 5.41) is 6.02. The van der Waals surface area contributed by atoms with E-state index in [0.717, 1.165) is 14.9 Å². The van der Waals surface area contributed by atoms with Crippen molar-refractivity contribution in [3.8, 4) is 5.75 Å². The minimum Gasteiger partial charge on any atom is -0.491 e. The topological polar surface area (TPSA) is 50.4 Å². The molecule has 0 fully saturated rings. The fourth-order valence-electron chi connectivity index (χ4n) is 1.99. The summed E-state index contributed by atoms with van der Waals surface area (Å²) in [6, 6.07) is 15.1. The van der Waals surface area contributed by atoms with Crippen LogP contribution in [-0.2, 0) is 6.54 Å². The maximum Gasteiger partial charge on any atom is 0.257 e. The zero-order valence-corrected chi connectivity index (χ0v) is 16.5. The molecule has 0 aliphatic carbocycles. The predicted molar refractivity (Wildman–Crippen MR) is 108 cm³/mol. The summed E-state index contributed by atoms with van der Waals surface area (Å²) >= 11 is 7.34. The number of hydrogen-bond acceptors (Lipinski definition) is 3. The molecule has 24 heavy (non-hydrogen) atoms. The van der Waals surface area contributed by atoms with Crippen LogP contribution >= 0.6 is 34.8 Å². The van der Waals surface area contributed by atoms with Crippen LogP contribution in [0.1, 0.15) is 29.8 Å². The van der Waals surface area contributed by atoms with E-state index in [1.165, 1.54) is 0 Å². The number of benzene rings is 2. The van der Waals surface area contributed by atoms with Crippen LogP contribution in [0.15, 0.2) is 48.5 Å². The second kappa shape index (κ2) is 8.98. The van der Waals surface area contributed by atoms with Crippen LogP contribution in [0.5, 0.6) is 5.75 Å². The van der Waals surface area contributed by atoms with Gasteiger partial charge in [-0.25, -0.2) is 0 Å². The lowest BCUT2D eigenvalue weighted by molar-refractivity contribution is 0.0976. The molecular weight excluding hydrogens is 435 g/mol. The number of nitrogens with one attached hydrogen (secondary N) is 2. The highest BCUT2D eigenvalue weighted by atomic mass is 127. The number of rotatable bonds is 5. The number of hydrogen-bond donors (Lipinski definition) is 2. The molecule has 0 aliphatic rings. The summed E-state index contributed by atoms with van der Waals surface area (Å²) in [7, 11) is 0. The molecule has 0 aliphatic heterocycles. The van der Waals surface area contributed by atoms with Crippen LogP contribution in [-0.4, -0.2) is 17.1 Å². The Morgan fingerprint density at radius 2 is 1.92 bits per heavy atom. The largest absolute Gasteiger partial charge is 0.491 e. The van der Waals surface area contributed by atoms with Gasteiger partial charge in [-0.2, -0.15) is 0 Å². The molecule has 2 aromatic rings. The van der Waals surface area contributed by atoms with Gasteiger partial charge in [-0.3, -0.25) is 10.1 Å². The number of amides is 1. The first-order chi connectivity index (χ1) is 11.4. The average Bonchev–Trinajstić information content (AvgIpc) is 2.53. The monoisotopic (exact) mass is 454 g/mol. The lowest BCUT2D eigenvalue weighted by Gasteiger charge is -2.12. The Morgan fingerprint density at radius 3 is 2.54 bits per heavy atom. The quantitative estimate of drug-likeness (QED) is 0.532. The molecule has 2 rings (SSSR count). The average molecular weight is 454 g/mol. The Bertz CT molecular complexity index is 717. The van der Waals surface area contributed by atoms with E-state index in [4.69, 9.17) is 17.0 Å². The fraction of sp³-hybridized carbons (Fsp3) is 0.222. The number of thiocarbonyl (C=S) groups is 1. The molecule has 0 aromatic heterocycles. The SMILES string of the molecule is CC(C)Oc1ccc(CNC(=S)NC(=O)c2cccc(I)c2)cc1. The molecule has 0 atom stereocenters. The zero-order chi connectivity index (χ0) is 17.5. The number of ether oxygens (including phenoxy) is 1. The fourth-order valence-corrected chi connectivity index (χ4v) is 2.70. The summed E-state index contributed by atoms with van der Waals surface area (Å²) in [6.07, 6.45) is 0.151. The molecule has 6 heteroatoms. The van der Waals surface area contributed by atoms with Crippen molar-refractivity contribution in [2.24, 2.45) is 0 Å². The standard InChI is InChI=1S/C18H19IN2O2S/c1-12(2)23-16-8-6-13(7-9-16)11-20-18(24)21-17(22)14-4-3-5-15(19)10-14/h3-10,12H,11H2,1-2H3,(H2,20,21,22,24). The summed E-state index contributed by atoms with van der Waals surface area (Å²) in [4.78, 5) is 12.1. The van der Waals surface area contributed by atoms with Crippen LogP contribution in [0.25, 0.3) is 0 Å². The molecule has 0 unspecified atom stereocenters. The van der Waals surface area contributed by atoms with E-state index in [2.05, 4.69) is 33.2 Å². The Balaban J connectivity index is 1.83. The molecule has 0 saturated carbocycles. The van der Waals surface area contributed by atoms with Gasteiger partial charge in [0.2, 0.25) is 0 Å². The Morgan fingerprint density at radius 1 is 1.21 bits per heavy atom. The van der Waals surface area contributed by atoms with Gasteiger partial charge in [0.05, 0.1) is 6.10 Å². The Hall–Kier alpha value is -1.67. The van der Waals surface area contributed by atoms with Crippen molar-refractivity contribution in [2.45, 2.75) is 26.5 Å². The third kappa shape index (κ3) is 6.09. The maximum absolute atomic E-state index is 12.1. The number of carbonyl (C=O) groups is 1. The number of carbonyl (C=O) groups excluding carboxylic acids is 1.